The summed E-state index contributed by atoms with van der Waals surface area (Å²) in [6.45, 7) is 3.97. The molecule has 1 aromatic rings. The zero-order valence-electron chi connectivity index (χ0n) is 12.5. The minimum Gasteiger partial charge on any atom is -0.377 e. The van der Waals surface area contributed by atoms with E-state index in [0.29, 0.717) is 17.0 Å². The molecule has 2 rings (SSSR count). The van der Waals surface area contributed by atoms with Crippen LogP contribution in [0.15, 0.2) is 34.1 Å². The Kier molecular flexibility index (Phi) is 6.10. The Morgan fingerprint density at radius 2 is 2.10 bits per heavy atom. The van der Waals surface area contributed by atoms with Gasteiger partial charge in [-0.05, 0) is 44.0 Å². The molecule has 2 atom stereocenters. The quantitative estimate of drug-likeness (QED) is 0.615. The minimum absolute atomic E-state index is 0.351. The van der Waals surface area contributed by atoms with Gasteiger partial charge in [-0.2, -0.15) is 0 Å². The second kappa shape index (κ2) is 7.63. The Morgan fingerprint density at radius 3 is 2.67 bits per heavy atom. The van der Waals surface area contributed by atoms with E-state index in [1.807, 2.05) is 12.1 Å². The third kappa shape index (κ3) is 5.29. The summed E-state index contributed by atoms with van der Waals surface area (Å²) in [7, 11) is -3.10. The number of rotatable bonds is 7. The lowest BCUT2D eigenvalue weighted by Crippen LogP contribution is -2.38. The molecule has 0 aromatic heterocycles. The predicted molar refractivity (Wildman–Crippen MR) is 86.7 cm³/mol. The summed E-state index contributed by atoms with van der Waals surface area (Å²) in [5, 5.41) is 3.49. The molecule has 1 aromatic carbocycles. The number of thioether (sulfide) groups is 1. The van der Waals surface area contributed by atoms with Gasteiger partial charge < -0.3 is 10.1 Å². The molecule has 0 spiro atoms. The summed E-state index contributed by atoms with van der Waals surface area (Å²) >= 11 is 1.73. The van der Waals surface area contributed by atoms with Crippen molar-refractivity contribution in [3.63, 3.8) is 0 Å². The van der Waals surface area contributed by atoms with E-state index in [4.69, 9.17) is 4.74 Å². The molecule has 1 fully saturated rings. The summed E-state index contributed by atoms with van der Waals surface area (Å²) < 4.78 is 28.4. The number of sulfone groups is 1. The van der Waals surface area contributed by atoms with Crippen LogP contribution in [0.2, 0.25) is 0 Å². The maximum atomic E-state index is 11.4. The lowest BCUT2D eigenvalue weighted by atomic mass is 10.1. The maximum Gasteiger partial charge on any atom is 0.175 e. The van der Waals surface area contributed by atoms with Gasteiger partial charge >= 0.3 is 0 Å². The van der Waals surface area contributed by atoms with Crippen LogP contribution >= 0.6 is 11.8 Å². The molecule has 0 saturated carbocycles. The van der Waals surface area contributed by atoms with Crippen molar-refractivity contribution >= 4 is 21.6 Å². The highest BCUT2D eigenvalue weighted by molar-refractivity contribution is 7.99. The lowest BCUT2D eigenvalue weighted by Gasteiger charge is -2.19. The summed E-state index contributed by atoms with van der Waals surface area (Å²) in [5.74, 6) is 0.954. The number of nitrogens with one attached hydrogen (secondary N) is 1. The van der Waals surface area contributed by atoms with Crippen molar-refractivity contribution in [1.29, 1.82) is 0 Å². The normalized spacial score (nSPS) is 20.6. The van der Waals surface area contributed by atoms with E-state index in [1.165, 1.54) is 6.26 Å². The van der Waals surface area contributed by atoms with E-state index >= 15 is 0 Å². The molecular weight excluding hydrogens is 306 g/mol. The summed E-state index contributed by atoms with van der Waals surface area (Å²) in [5.41, 5.74) is 0. The van der Waals surface area contributed by atoms with Crippen molar-refractivity contribution in [2.24, 2.45) is 0 Å². The average Bonchev–Trinajstić information content (AvgIpc) is 2.97. The van der Waals surface area contributed by atoms with Gasteiger partial charge in [0, 0.05) is 36.1 Å². The molecule has 0 bridgehead atoms. The second-order valence-corrected chi connectivity index (χ2v) is 8.57. The van der Waals surface area contributed by atoms with Gasteiger partial charge in [-0.1, -0.05) is 0 Å². The fourth-order valence-corrected chi connectivity index (χ4v) is 3.78. The van der Waals surface area contributed by atoms with Gasteiger partial charge in [0.2, 0.25) is 0 Å². The number of ether oxygens (including phenoxy) is 1. The zero-order valence-corrected chi connectivity index (χ0v) is 14.2. The van der Waals surface area contributed by atoms with E-state index in [9.17, 15) is 8.42 Å². The van der Waals surface area contributed by atoms with Crippen LogP contribution in [0.3, 0.4) is 0 Å². The van der Waals surface area contributed by atoms with Crippen LogP contribution in [-0.4, -0.2) is 45.7 Å². The van der Waals surface area contributed by atoms with E-state index < -0.39 is 9.84 Å². The van der Waals surface area contributed by atoms with Crippen molar-refractivity contribution in [1.82, 2.24) is 5.32 Å². The van der Waals surface area contributed by atoms with Crippen molar-refractivity contribution < 1.29 is 13.2 Å². The number of benzene rings is 1. The van der Waals surface area contributed by atoms with Crippen LogP contribution in [0.25, 0.3) is 0 Å². The van der Waals surface area contributed by atoms with Gasteiger partial charge in [0.25, 0.3) is 0 Å². The van der Waals surface area contributed by atoms with Gasteiger partial charge in [-0.3, -0.25) is 0 Å². The van der Waals surface area contributed by atoms with Gasteiger partial charge in [-0.15, -0.1) is 11.8 Å². The third-order valence-corrected chi connectivity index (χ3v) is 5.75. The van der Waals surface area contributed by atoms with Crippen LogP contribution in [0.5, 0.6) is 0 Å². The highest BCUT2D eigenvalue weighted by Crippen LogP contribution is 2.20. The average molecular weight is 329 g/mol. The minimum atomic E-state index is -3.10. The van der Waals surface area contributed by atoms with Gasteiger partial charge in [0.1, 0.15) is 0 Å². The summed E-state index contributed by atoms with van der Waals surface area (Å²) in [4.78, 5) is 1.46. The Balaban J connectivity index is 1.71. The Labute approximate surface area is 131 Å². The first kappa shape index (κ1) is 16.8. The molecule has 1 aliphatic rings. The predicted octanol–water partition coefficient (Wildman–Crippen LogP) is 2.34. The summed E-state index contributed by atoms with van der Waals surface area (Å²) in [6, 6.07) is 7.45. The highest BCUT2D eigenvalue weighted by atomic mass is 32.2. The molecule has 6 heteroatoms. The fourth-order valence-electron chi connectivity index (χ4n) is 2.37. The van der Waals surface area contributed by atoms with Crippen LogP contribution < -0.4 is 5.32 Å². The van der Waals surface area contributed by atoms with Crippen LogP contribution in [0.4, 0.5) is 0 Å². The molecule has 1 heterocycles. The number of hydrogen-bond acceptors (Lipinski definition) is 5. The van der Waals surface area contributed by atoms with E-state index in [1.54, 1.807) is 23.9 Å². The van der Waals surface area contributed by atoms with Crippen molar-refractivity contribution in [2.75, 3.05) is 25.2 Å². The van der Waals surface area contributed by atoms with Crippen LogP contribution in [-0.2, 0) is 14.6 Å². The lowest BCUT2D eigenvalue weighted by molar-refractivity contribution is 0.0844. The molecule has 1 saturated heterocycles. The topological polar surface area (TPSA) is 55.4 Å². The zero-order chi connectivity index (χ0) is 15.3. The SMILES string of the molecule is CC(NCCSc1ccc(S(C)(=O)=O)cc1)C1CCCO1. The van der Waals surface area contributed by atoms with Crippen molar-refractivity contribution in [3.8, 4) is 0 Å². The smallest absolute Gasteiger partial charge is 0.175 e. The fraction of sp³-hybridized carbons (Fsp3) is 0.600. The molecule has 0 amide bonds. The highest BCUT2D eigenvalue weighted by Gasteiger charge is 2.21. The van der Waals surface area contributed by atoms with Gasteiger partial charge in [0.05, 0.1) is 11.0 Å². The first-order chi connectivity index (χ1) is 9.97. The number of hydrogen-bond donors (Lipinski definition) is 1. The maximum absolute atomic E-state index is 11.4. The molecule has 1 N–H and O–H groups in total. The van der Waals surface area contributed by atoms with Gasteiger partial charge in [0.15, 0.2) is 9.84 Å². The first-order valence-corrected chi connectivity index (χ1v) is 10.1. The molecule has 1 aliphatic heterocycles. The van der Waals surface area contributed by atoms with Crippen molar-refractivity contribution in [3.05, 3.63) is 24.3 Å². The Morgan fingerprint density at radius 1 is 1.38 bits per heavy atom. The Bertz CT molecular complexity index is 537. The monoisotopic (exact) mass is 329 g/mol. The molecule has 0 radical (unpaired) electrons. The molecule has 21 heavy (non-hydrogen) atoms. The molecule has 4 nitrogen and oxygen atoms in total. The standard InChI is InChI=1S/C15H23NO3S2/c1-12(15-4-3-10-19-15)16-9-11-20-13-5-7-14(8-6-13)21(2,17)18/h5-8,12,15-16H,3-4,9-11H2,1-2H3. The first-order valence-electron chi connectivity index (χ1n) is 7.25. The summed E-state index contributed by atoms with van der Waals surface area (Å²) in [6.07, 6.45) is 3.89. The molecular formula is C15H23NO3S2. The van der Waals surface area contributed by atoms with E-state index in [0.717, 1.165) is 36.6 Å². The Hall–Kier alpha value is -0.560. The van der Waals surface area contributed by atoms with E-state index in [2.05, 4.69) is 12.2 Å². The largest absolute Gasteiger partial charge is 0.377 e. The van der Waals surface area contributed by atoms with Crippen LogP contribution in [0.1, 0.15) is 19.8 Å². The van der Waals surface area contributed by atoms with Crippen molar-refractivity contribution in [2.45, 2.75) is 41.7 Å². The van der Waals surface area contributed by atoms with E-state index in [-0.39, 0.29) is 0 Å². The third-order valence-electron chi connectivity index (χ3n) is 3.61. The van der Waals surface area contributed by atoms with Gasteiger partial charge in [-0.25, -0.2) is 8.42 Å². The second-order valence-electron chi connectivity index (χ2n) is 5.39. The molecule has 2 unspecified atom stereocenters. The van der Waals surface area contributed by atoms with Crippen LogP contribution in [0, 0.1) is 0 Å². The molecule has 0 aliphatic carbocycles. The molecule has 118 valence electrons.